The number of ether oxygens (including phenoxy) is 2. The maximum Gasteiger partial charge on any atom is 0.193 e. The number of benzene rings is 1. The largest absolute Gasteiger partial charge is 0.381 e. The maximum atomic E-state index is 5.73. The highest BCUT2D eigenvalue weighted by Crippen LogP contribution is 2.25. The summed E-state index contributed by atoms with van der Waals surface area (Å²) in [5.41, 5.74) is 1.43. The van der Waals surface area contributed by atoms with Gasteiger partial charge >= 0.3 is 0 Å². The summed E-state index contributed by atoms with van der Waals surface area (Å²) in [5.74, 6) is 1.63. The van der Waals surface area contributed by atoms with Gasteiger partial charge in [0.2, 0.25) is 0 Å². The van der Waals surface area contributed by atoms with E-state index in [1.165, 1.54) is 5.56 Å². The van der Waals surface area contributed by atoms with Gasteiger partial charge < -0.3 is 19.7 Å². The van der Waals surface area contributed by atoms with Crippen LogP contribution in [0.4, 0.5) is 0 Å². The molecule has 1 aromatic carbocycles. The minimum atomic E-state index is 0. The third-order valence-electron chi connectivity index (χ3n) is 7.33. The lowest BCUT2D eigenvalue weighted by Crippen LogP contribution is -2.56. The number of hydrogen-bond acceptors (Lipinski definition) is 5. The highest BCUT2D eigenvalue weighted by Gasteiger charge is 2.32. The van der Waals surface area contributed by atoms with E-state index in [9.17, 15) is 0 Å². The molecule has 3 unspecified atom stereocenters. The minimum Gasteiger partial charge on any atom is -0.381 e. The Bertz CT molecular complexity index is 702. The van der Waals surface area contributed by atoms with Crippen LogP contribution in [0.2, 0.25) is 0 Å². The first kappa shape index (κ1) is 26.7. The number of nitrogens with one attached hydrogen (secondary N) is 1. The van der Waals surface area contributed by atoms with E-state index in [2.05, 4.69) is 62.3 Å². The average Bonchev–Trinajstić information content (AvgIpc) is 3.39. The normalized spacial score (nSPS) is 24.8. The standard InChI is InChI=1S/C25H41N5O2.HI/c1-3-23(21-7-5-4-6-8-21)28-10-12-30(13-11-28)25(26-2)27-19-24(22-9-16-32-20-22)29-14-17-31-18-15-29;/h4-8,22-24H,3,9-20H2,1-2H3,(H,26,27);1H. The summed E-state index contributed by atoms with van der Waals surface area (Å²) >= 11 is 0. The lowest BCUT2D eigenvalue weighted by molar-refractivity contribution is 0.00226. The van der Waals surface area contributed by atoms with Gasteiger partial charge in [-0.3, -0.25) is 14.8 Å². The van der Waals surface area contributed by atoms with Crippen LogP contribution < -0.4 is 5.32 Å². The zero-order chi connectivity index (χ0) is 22.2. The van der Waals surface area contributed by atoms with Crippen LogP contribution in [0.5, 0.6) is 0 Å². The summed E-state index contributed by atoms with van der Waals surface area (Å²) in [5, 5.41) is 3.72. The second kappa shape index (κ2) is 13.8. The molecule has 3 fully saturated rings. The zero-order valence-corrected chi connectivity index (χ0v) is 22.7. The van der Waals surface area contributed by atoms with E-state index >= 15 is 0 Å². The molecule has 0 aliphatic carbocycles. The molecular formula is C25H42IN5O2. The van der Waals surface area contributed by atoms with E-state index in [0.717, 1.165) is 91.0 Å². The summed E-state index contributed by atoms with van der Waals surface area (Å²) in [7, 11) is 1.91. The number of morpholine rings is 1. The summed E-state index contributed by atoms with van der Waals surface area (Å²) in [6, 6.07) is 11.9. The fourth-order valence-corrected chi connectivity index (χ4v) is 5.51. The molecule has 186 valence electrons. The molecule has 0 saturated carbocycles. The Morgan fingerprint density at radius 1 is 1.00 bits per heavy atom. The van der Waals surface area contributed by atoms with Crippen molar-refractivity contribution in [1.82, 2.24) is 20.0 Å². The second-order valence-electron chi connectivity index (χ2n) is 9.13. The van der Waals surface area contributed by atoms with Crippen molar-refractivity contribution >= 4 is 29.9 Å². The first-order valence-electron chi connectivity index (χ1n) is 12.4. The lowest BCUT2D eigenvalue weighted by Gasteiger charge is -2.41. The molecule has 0 aromatic heterocycles. The second-order valence-corrected chi connectivity index (χ2v) is 9.13. The summed E-state index contributed by atoms with van der Waals surface area (Å²) in [4.78, 5) is 12.3. The molecule has 0 spiro atoms. The number of aliphatic imine (C=N–C) groups is 1. The first-order valence-corrected chi connectivity index (χ1v) is 12.4. The van der Waals surface area contributed by atoms with Gasteiger partial charge in [0.15, 0.2) is 5.96 Å². The quantitative estimate of drug-likeness (QED) is 0.309. The smallest absolute Gasteiger partial charge is 0.193 e. The molecule has 1 aromatic rings. The molecular weight excluding hydrogens is 529 g/mol. The van der Waals surface area contributed by atoms with E-state index in [1.807, 2.05) is 7.05 Å². The van der Waals surface area contributed by atoms with Gasteiger partial charge in [0.25, 0.3) is 0 Å². The summed E-state index contributed by atoms with van der Waals surface area (Å²) < 4.78 is 11.3. The SMILES string of the molecule is CCC(c1ccccc1)N1CCN(C(=NC)NCC(C2CCOC2)N2CCOCC2)CC1.I. The van der Waals surface area contributed by atoms with Crippen molar-refractivity contribution in [3.8, 4) is 0 Å². The number of hydrogen-bond donors (Lipinski definition) is 1. The number of rotatable bonds is 7. The molecule has 1 N–H and O–H groups in total. The number of nitrogens with zero attached hydrogens (tertiary/aromatic N) is 4. The lowest BCUT2D eigenvalue weighted by atomic mass is 9.97. The van der Waals surface area contributed by atoms with Crippen LogP contribution in [0, 0.1) is 5.92 Å². The van der Waals surface area contributed by atoms with Crippen molar-refractivity contribution in [2.24, 2.45) is 10.9 Å². The van der Waals surface area contributed by atoms with Crippen molar-refractivity contribution in [1.29, 1.82) is 0 Å². The van der Waals surface area contributed by atoms with Crippen molar-refractivity contribution in [2.45, 2.75) is 31.8 Å². The predicted octanol–water partition coefficient (Wildman–Crippen LogP) is 2.69. The van der Waals surface area contributed by atoms with Crippen LogP contribution >= 0.6 is 24.0 Å². The Kier molecular flexibility index (Phi) is 11.2. The number of piperazine rings is 1. The van der Waals surface area contributed by atoms with Gasteiger partial charge in [-0.1, -0.05) is 37.3 Å². The van der Waals surface area contributed by atoms with Crippen LogP contribution in [0.3, 0.4) is 0 Å². The van der Waals surface area contributed by atoms with E-state index in [-0.39, 0.29) is 24.0 Å². The zero-order valence-electron chi connectivity index (χ0n) is 20.3. The first-order chi connectivity index (χ1) is 15.8. The Morgan fingerprint density at radius 3 is 2.33 bits per heavy atom. The van der Waals surface area contributed by atoms with Gasteiger partial charge in [0.1, 0.15) is 0 Å². The van der Waals surface area contributed by atoms with Crippen LogP contribution in [0.25, 0.3) is 0 Å². The number of halogens is 1. The maximum absolute atomic E-state index is 5.73. The Hall–Kier alpha value is -0.940. The molecule has 8 heteroatoms. The van der Waals surface area contributed by atoms with Crippen molar-refractivity contribution < 1.29 is 9.47 Å². The molecule has 3 saturated heterocycles. The predicted molar refractivity (Wildman–Crippen MR) is 145 cm³/mol. The Balaban J connectivity index is 0.00000306. The Morgan fingerprint density at radius 2 is 1.73 bits per heavy atom. The van der Waals surface area contributed by atoms with Gasteiger partial charge in [-0.25, -0.2) is 0 Å². The van der Waals surface area contributed by atoms with E-state index < -0.39 is 0 Å². The van der Waals surface area contributed by atoms with Crippen molar-refractivity contribution in [3.63, 3.8) is 0 Å². The molecule has 7 nitrogen and oxygen atoms in total. The molecule has 3 aliphatic heterocycles. The highest BCUT2D eigenvalue weighted by atomic mass is 127. The van der Waals surface area contributed by atoms with Crippen molar-refractivity contribution in [2.75, 3.05) is 79.3 Å². The molecule has 0 amide bonds. The molecule has 3 aliphatic rings. The average molecular weight is 572 g/mol. The summed E-state index contributed by atoms with van der Waals surface area (Å²) in [6.07, 6.45) is 2.29. The molecule has 3 atom stereocenters. The van der Waals surface area contributed by atoms with Gasteiger partial charge in [-0.05, 0) is 18.4 Å². The van der Waals surface area contributed by atoms with Crippen LogP contribution in [0.15, 0.2) is 35.3 Å². The van der Waals surface area contributed by atoms with Crippen molar-refractivity contribution in [3.05, 3.63) is 35.9 Å². The fourth-order valence-electron chi connectivity index (χ4n) is 5.51. The minimum absolute atomic E-state index is 0. The highest BCUT2D eigenvalue weighted by molar-refractivity contribution is 14.0. The molecule has 0 bridgehead atoms. The molecule has 4 rings (SSSR count). The third-order valence-corrected chi connectivity index (χ3v) is 7.33. The van der Waals surface area contributed by atoms with Gasteiger partial charge in [-0.2, -0.15) is 0 Å². The van der Waals surface area contributed by atoms with Gasteiger partial charge in [0.05, 0.1) is 19.8 Å². The molecule has 0 radical (unpaired) electrons. The third kappa shape index (κ3) is 7.04. The topological polar surface area (TPSA) is 52.6 Å². The molecule has 33 heavy (non-hydrogen) atoms. The Labute approximate surface area is 216 Å². The van der Waals surface area contributed by atoms with Crippen LogP contribution in [-0.4, -0.2) is 106 Å². The monoisotopic (exact) mass is 571 g/mol. The number of guanidine groups is 1. The van der Waals surface area contributed by atoms with E-state index in [0.29, 0.717) is 18.0 Å². The van der Waals surface area contributed by atoms with Crippen LogP contribution in [0.1, 0.15) is 31.4 Å². The van der Waals surface area contributed by atoms with E-state index in [4.69, 9.17) is 9.47 Å². The molecule has 3 heterocycles. The van der Waals surface area contributed by atoms with E-state index in [1.54, 1.807) is 0 Å². The van der Waals surface area contributed by atoms with Gasteiger partial charge in [0, 0.05) is 77.5 Å². The van der Waals surface area contributed by atoms with Crippen LogP contribution in [-0.2, 0) is 9.47 Å². The summed E-state index contributed by atoms with van der Waals surface area (Å²) in [6.45, 7) is 12.8. The van der Waals surface area contributed by atoms with Gasteiger partial charge in [-0.15, -0.1) is 24.0 Å². The fraction of sp³-hybridized carbons (Fsp3) is 0.720.